The van der Waals surface area contributed by atoms with Crippen LogP contribution in [-0.2, 0) is 12.8 Å². The van der Waals surface area contributed by atoms with Crippen LogP contribution >= 0.6 is 0 Å². The molecule has 0 unspecified atom stereocenters. The third-order valence-electron chi connectivity index (χ3n) is 2.70. The van der Waals surface area contributed by atoms with Gasteiger partial charge in [-0.25, -0.2) is 0 Å². The van der Waals surface area contributed by atoms with Crippen LogP contribution in [0.4, 0.5) is 0 Å². The van der Waals surface area contributed by atoms with Crippen molar-refractivity contribution < 1.29 is 0 Å². The van der Waals surface area contributed by atoms with E-state index in [-0.39, 0.29) is 0 Å². The van der Waals surface area contributed by atoms with Gasteiger partial charge in [-0.3, -0.25) is 0 Å². The molecule has 0 aliphatic rings. The number of rotatable bonds is 5. The van der Waals surface area contributed by atoms with Crippen molar-refractivity contribution in [3.63, 3.8) is 0 Å². The van der Waals surface area contributed by atoms with Crippen LogP contribution in [0.3, 0.4) is 0 Å². The first-order chi connectivity index (χ1) is 9.36. The first-order valence-electron chi connectivity index (χ1n) is 6.66. The zero-order chi connectivity index (χ0) is 13.8. The highest BCUT2D eigenvalue weighted by Gasteiger charge is 1.86. The van der Waals surface area contributed by atoms with Crippen molar-refractivity contribution in [2.45, 2.75) is 19.3 Å². The third-order valence-corrected chi connectivity index (χ3v) is 2.70. The Hall–Kier alpha value is -2.08. The lowest BCUT2D eigenvalue weighted by atomic mass is 10.1. The summed E-state index contributed by atoms with van der Waals surface area (Å²) in [7, 11) is 0. The molecule has 0 aromatic heterocycles. The van der Waals surface area contributed by atoms with Crippen LogP contribution in [0, 0.1) is 0 Å². The molecule has 0 bridgehead atoms. The highest BCUT2D eigenvalue weighted by atomic mass is 13.9. The van der Waals surface area contributed by atoms with E-state index in [1.165, 1.54) is 11.1 Å². The van der Waals surface area contributed by atoms with Gasteiger partial charge in [-0.05, 0) is 30.4 Å². The predicted octanol–water partition coefficient (Wildman–Crippen LogP) is 5.22. The molecule has 0 N–H and O–H groups in total. The highest BCUT2D eigenvalue weighted by Crippen LogP contribution is 2.01. The molecule has 0 atom stereocenters. The third kappa shape index (κ3) is 7.05. The lowest BCUT2D eigenvalue weighted by molar-refractivity contribution is 1.00. The second-order valence-electron chi connectivity index (χ2n) is 4.29. The molecule has 19 heavy (non-hydrogen) atoms. The second kappa shape index (κ2) is 9.90. The number of aryl methyl sites for hydroxylation is 1. The van der Waals surface area contributed by atoms with Crippen LogP contribution in [0.25, 0.3) is 0 Å². The van der Waals surface area contributed by atoms with Crippen molar-refractivity contribution in [1.29, 1.82) is 0 Å². The Kier molecular flexibility index (Phi) is 7.80. The maximum absolute atomic E-state index is 3.68. The van der Waals surface area contributed by atoms with Crippen LogP contribution in [0.2, 0.25) is 0 Å². The molecular weight excluding hydrogens is 228 g/mol. The second-order valence-corrected chi connectivity index (χ2v) is 4.29. The standard InChI is InChI=1S/C10H12.C9H10/c1-2-3-7-10-8-5-4-6-9-10;1-2-6-9-7-4-3-5-8-9/h2,4-6,8-9H,1,3,7H2;2-5,7-8H,1,6H2. The fourth-order valence-electron chi connectivity index (χ4n) is 1.69. The van der Waals surface area contributed by atoms with E-state index in [1.54, 1.807) is 0 Å². The molecule has 0 heterocycles. The molecule has 0 nitrogen and oxygen atoms in total. The molecule has 0 saturated carbocycles. The summed E-state index contributed by atoms with van der Waals surface area (Å²) in [5.74, 6) is 0. The Labute approximate surface area is 117 Å². The van der Waals surface area contributed by atoms with Crippen LogP contribution < -0.4 is 0 Å². The molecule has 0 spiro atoms. The summed E-state index contributed by atoms with van der Waals surface area (Å²) < 4.78 is 0. The molecule has 0 aliphatic carbocycles. The van der Waals surface area contributed by atoms with Gasteiger partial charge in [0.15, 0.2) is 0 Å². The molecule has 0 fully saturated rings. The Morgan fingerprint density at radius 2 is 1.21 bits per heavy atom. The Bertz CT molecular complexity index is 454. The first-order valence-corrected chi connectivity index (χ1v) is 6.66. The number of hydrogen-bond donors (Lipinski definition) is 0. The summed E-state index contributed by atoms with van der Waals surface area (Å²) in [5, 5.41) is 0. The molecule has 98 valence electrons. The maximum atomic E-state index is 3.68. The molecular formula is C19H22. The quantitative estimate of drug-likeness (QED) is 0.638. The van der Waals surface area contributed by atoms with Crippen molar-refractivity contribution in [1.82, 2.24) is 0 Å². The number of benzene rings is 2. The molecule has 0 amide bonds. The Morgan fingerprint density at radius 1 is 0.684 bits per heavy atom. The first kappa shape index (κ1) is 15.0. The summed E-state index contributed by atoms with van der Waals surface area (Å²) >= 11 is 0. The monoisotopic (exact) mass is 250 g/mol. The molecule has 0 aliphatic heterocycles. The van der Waals surface area contributed by atoms with Crippen LogP contribution in [-0.4, -0.2) is 0 Å². The molecule has 2 aromatic rings. The Balaban J connectivity index is 0.000000191. The average Bonchev–Trinajstić information content (AvgIpc) is 2.48. The van der Waals surface area contributed by atoms with Gasteiger partial charge in [0, 0.05) is 0 Å². The van der Waals surface area contributed by atoms with Crippen LogP contribution in [0.15, 0.2) is 86.0 Å². The summed E-state index contributed by atoms with van der Waals surface area (Å²) in [6, 6.07) is 20.8. The zero-order valence-electron chi connectivity index (χ0n) is 11.5. The van der Waals surface area contributed by atoms with Crippen molar-refractivity contribution in [2.75, 3.05) is 0 Å². The molecule has 0 heteroatoms. The minimum atomic E-state index is 0.973. The van der Waals surface area contributed by atoms with Crippen LogP contribution in [0.5, 0.6) is 0 Å². The van der Waals surface area contributed by atoms with E-state index in [4.69, 9.17) is 0 Å². The van der Waals surface area contributed by atoms with Crippen molar-refractivity contribution >= 4 is 0 Å². The van der Waals surface area contributed by atoms with Gasteiger partial charge in [0.05, 0.1) is 0 Å². The lowest BCUT2D eigenvalue weighted by Crippen LogP contribution is -1.79. The summed E-state index contributed by atoms with van der Waals surface area (Å²) in [5.41, 5.74) is 2.72. The number of allylic oxidation sites excluding steroid dienone is 2. The molecule has 2 rings (SSSR count). The Morgan fingerprint density at radius 3 is 1.68 bits per heavy atom. The van der Waals surface area contributed by atoms with E-state index < -0.39 is 0 Å². The maximum Gasteiger partial charge on any atom is -0.0100 e. The lowest BCUT2D eigenvalue weighted by Gasteiger charge is -1.94. The van der Waals surface area contributed by atoms with Gasteiger partial charge in [-0.15, -0.1) is 13.2 Å². The van der Waals surface area contributed by atoms with E-state index in [2.05, 4.69) is 49.6 Å². The van der Waals surface area contributed by atoms with Gasteiger partial charge in [-0.2, -0.15) is 0 Å². The normalized spacial score (nSPS) is 9.05. The van der Waals surface area contributed by atoms with E-state index >= 15 is 0 Å². The van der Waals surface area contributed by atoms with Gasteiger partial charge in [0.25, 0.3) is 0 Å². The summed E-state index contributed by atoms with van der Waals surface area (Å²) in [4.78, 5) is 0. The van der Waals surface area contributed by atoms with E-state index in [0.29, 0.717) is 0 Å². The van der Waals surface area contributed by atoms with E-state index in [1.807, 2.05) is 36.4 Å². The van der Waals surface area contributed by atoms with Gasteiger partial charge >= 0.3 is 0 Å². The molecule has 2 aromatic carbocycles. The van der Waals surface area contributed by atoms with Gasteiger partial charge in [0.2, 0.25) is 0 Å². The SMILES string of the molecule is C=CCCc1ccccc1.C=CCc1ccccc1. The van der Waals surface area contributed by atoms with E-state index in [9.17, 15) is 0 Å². The average molecular weight is 250 g/mol. The smallest absolute Gasteiger partial charge is 0.0100 e. The fourth-order valence-corrected chi connectivity index (χ4v) is 1.69. The van der Waals surface area contributed by atoms with Crippen LogP contribution in [0.1, 0.15) is 17.5 Å². The van der Waals surface area contributed by atoms with Crippen molar-refractivity contribution in [3.05, 3.63) is 97.1 Å². The van der Waals surface area contributed by atoms with Gasteiger partial charge in [0.1, 0.15) is 0 Å². The zero-order valence-corrected chi connectivity index (χ0v) is 11.5. The molecule has 0 radical (unpaired) electrons. The van der Waals surface area contributed by atoms with Crippen molar-refractivity contribution in [2.24, 2.45) is 0 Å². The van der Waals surface area contributed by atoms with Gasteiger partial charge < -0.3 is 0 Å². The number of hydrogen-bond acceptors (Lipinski definition) is 0. The minimum absolute atomic E-state index is 0.973. The predicted molar refractivity (Wildman–Crippen MR) is 85.3 cm³/mol. The van der Waals surface area contributed by atoms with Gasteiger partial charge in [-0.1, -0.05) is 72.8 Å². The topological polar surface area (TPSA) is 0 Å². The largest absolute Gasteiger partial charge is 0.103 e. The van der Waals surface area contributed by atoms with E-state index in [0.717, 1.165) is 19.3 Å². The van der Waals surface area contributed by atoms with Crippen molar-refractivity contribution in [3.8, 4) is 0 Å². The summed E-state index contributed by atoms with van der Waals surface area (Å²) in [6.07, 6.45) is 7.03. The minimum Gasteiger partial charge on any atom is -0.103 e. The molecule has 0 saturated heterocycles. The summed E-state index contributed by atoms with van der Waals surface area (Å²) in [6.45, 7) is 7.33. The fraction of sp³-hybridized carbons (Fsp3) is 0.158. The highest BCUT2D eigenvalue weighted by molar-refractivity contribution is 5.16.